The van der Waals surface area contributed by atoms with Gasteiger partial charge in [-0.15, -0.1) is 0 Å². The number of carbonyl (C=O) groups excluding carboxylic acids is 1. The first kappa shape index (κ1) is 21.0. The van der Waals surface area contributed by atoms with Gasteiger partial charge in [0.15, 0.2) is 22.9 Å². The van der Waals surface area contributed by atoms with Gasteiger partial charge in [0.05, 0.1) is 24.8 Å². The molecule has 0 unspecified atom stereocenters. The molecule has 9 nitrogen and oxygen atoms in total. The summed E-state index contributed by atoms with van der Waals surface area (Å²) in [5, 5.41) is 0.0504. The SMILES string of the molecule is COc1ccc(S(=O)(=O)N(Cc2cccnc2)S(C)(=O)=O)c2cc(C(C)=O)oc12. The molecular weight excluding hydrogens is 420 g/mol. The Kier molecular flexibility index (Phi) is 5.48. The molecule has 29 heavy (non-hydrogen) atoms. The van der Waals surface area contributed by atoms with Gasteiger partial charge >= 0.3 is 0 Å². The summed E-state index contributed by atoms with van der Waals surface area (Å²) in [5.41, 5.74) is 0.427. The number of hydrogen-bond donors (Lipinski definition) is 0. The highest BCUT2D eigenvalue weighted by atomic mass is 32.3. The van der Waals surface area contributed by atoms with E-state index in [0.717, 1.165) is 6.26 Å². The fourth-order valence-electron chi connectivity index (χ4n) is 2.76. The molecule has 0 aliphatic heterocycles. The van der Waals surface area contributed by atoms with Crippen LogP contribution in [0, 0.1) is 0 Å². The predicted molar refractivity (Wildman–Crippen MR) is 105 cm³/mol. The minimum absolute atomic E-state index is 0.0357. The number of carbonyl (C=O) groups is 1. The summed E-state index contributed by atoms with van der Waals surface area (Å²) in [5.74, 6) is -0.273. The van der Waals surface area contributed by atoms with Gasteiger partial charge in [0.1, 0.15) is 0 Å². The first-order valence-corrected chi connectivity index (χ1v) is 11.6. The summed E-state index contributed by atoms with van der Waals surface area (Å²) < 4.78 is 62.4. The van der Waals surface area contributed by atoms with Gasteiger partial charge in [-0.3, -0.25) is 9.78 Å². The van der Waals surface area contributed by atoms with Gasteiger partial charge < -0.3 is 9.15 Å². The quantitative estimate of drug-likeness (QED) is 0.514. The monoisotopic (exact) mass is 438 g/mol. The summed E-state index contributed by atoms with van der Waals surface area (Å²) >= 11 is 0. The lowest BCUT2D eigenvalue weighted by Gasteiger charge is -2.20. The normalized spacial score (nSPS) is 12.4. The molecule has 3 rings (SSSR count). The van der Waals surface area contributed by atoms with Crippen molar-refractivity contribution in [1.29, 1.82) is 0 Å². The number of methoxy groups -OCH3 is 1. The third-order valence-electron chi connectivity index (χ3n) is 4.12. The van der Waals surface area contributed by atoms with Crippen LogP contribution in [0.4, 0.5) is 0 Å². The van der Waals surface area contributed by atoms with Crippen LogP contribution >= 0.6 is 0 Å². The molecule has 0 aliphatic carbocycles. The van der Waals surface area contributed by atoms with Crippen molar-refractivity contribution in [1.82, 2.24) is 8.69 Å². The van der Waals surface area contributed by atoms with Crippen LogP contribution in [0.2, 0.25) is 0 Å². The van der Waals surface area contributed by atoms with Crippen LogP contribution in [0.5, 0.6) is 5.75 Å². The van der Waals surface area contributed by atoms with E-state index in [-0.39, 0.29) is 27.4 Å². The second-order valence-corrected chi connectivity index (χ2v) is 10.2. The zero-order chi connectivity index (χ0) is 21.4. The Morgan fingerprint density at radius 2 is 1.93 bits per heavy atom. The molecule has 2 heterocycles. The molecule has 0 aliphatic rings. The number of Topliss-reactive ketones (excluding diaryl/α,β-unsaturated/α-hetero) is 1. The largest absolute Gasteiger partial charge is 0.493 e. The van der Waals surface area contributed by atoms with Crippen LogP contribution in [0.1, 0.15) is 23.0 Å². The highest BCUT2D eigenvalue weighted by Crippen LogP contribution is 2.36. The van der Waals surface area contributed by atoms with Crippen molar-refractivity contribution in [2.75, 3.05) is 13.4 Å². The summed E-state index contributed by atoms with van der Waals surface area (Å²) in [6, 6.07) is 6.96. The third-order valence-corrected chi connectivity index (χ3v) is 7.97. The minimum Gasteiger partial charge on any atom is -0.493 e. The third kappa shape index (κ3) is 4.02. The van der Waals surface area contributed by atoms with Gasteiger partial charge in [-0.2, -0.15) is 0 Å². The molecule has 0 saturated heterocycles. The molecule has 3 aromatic rings. The van der Waals surface area contributed by atoms with Gasteiger partial charge in [-0.1, -0.05) is 9.78 Å². The molecule has 0 atom stereocenters. The molecule has 0 N–H and O–H groups in total. The number of fused-ring (bicyclic) bond motifs is 1. The molecule has 2 aromatic heterocycles. The van der Waals surface area contributed by atoms with E-state index in [0.29, 0.717) is 9.27 Å². The number of nitrogens with zero attached hydrogens (tertiary/aromatic N) is 2. The number of hydrogen-bond acceptors (Lipinski definition) is 8. The van der Waals surface area contributed by atoms with Crippen molar-refractivity contribution in [2.45, 2.75) is 18.4 Å². The molecule has 154 valence electrons. The second-order valence-electron chi connectivity index (χ2n) is 6.24. The molecule has 0 bridgehead atoms. The topological polar surface area (TPSA) is 124 Å². The molecular formula is C18H18N2O7S2. The highest BCUT2D eigenvalue weighted by Gasteiger charge is 2.35. The lowest BCUT2D eigenvalue weighted by atomic mass is 10.2. The molecule has 0 spiro atoms. The smallest absolute Gasteiger partial charge is 0.257 e. The van der Waals surface area contributed by atoms with Crippen LogP contribution in [0.15, 0.2) is 52.0 Å². The maximum Gasteiger partial charge on any atom is 0.257 e. The lowest BCUT2D eigenvalue weighted by molar-refractivity contribution is 0.0989. The van der Waals surface area contributed by atoms with Crippen LogP contribution in [0.25, 0.3) is 11.0 Å². The number of benzene rings is 1. The summed E-state index contributed by atoms with van der Waals surface area (Å²) in [4.78, 5) is 15.3. The standard InChI is InChI=1S/C18H18N2O7S2/c1-12(21)16-9-14-17(7-6-15(26-2)18(14)27-16)29(24,25)20(28(3,22)23)11-13-5-4-8-19-10-13/h4-10H,11H2,1-3H3. The Bertz CT molecular complexity index is 1280. The van der Waals surface area contributed by atoms with E-state index in [2.05, 4.69) is 4.98 Å². The zero-order valence-electron chi connectivity index (χ0n) is 15.8. The molecule has 0 fully saturated rings. The fourth-order valence-corrected chi connectivity index (χ4v) is 6.02. The second kappa shape index (κ2) is 7.58. The average molecular weight is 438 g/mol. The highest BCUT2D eigenvalue weighted by molar-refractivity contribution is 8.03. The predicted octanol–water partition coefficient (Wildman–Crippen LogP) is 2.19. The van der Waals surface area contributed by atoms with Crippen molar-refractivity contribution in [3.8, 4) is 5.75 Å². The maximum absolute atomic E-state index is 13.3. The van der Waals surface area contributed by atoms with Gasteiger partial charge in [0.2, 0.25) is 10.0 Å². The van der Waals surface area contributed by atoms with Crippen LogP contribution in [-0.2, 0) is 26.6 Å². The summed E-state index contributed by atoms with van der Waals surface area (Å²) in [7, 11) is -7.34. The first-order chi connectivity index (χ1) is 13.6. The number of ether oxygens (including phenoxy) is 1. The van der Waals surface area contributed by atoms with Gasteiger partial charge in [0.25, 0.3) is 10.0 Å². The van der Waals surface area contributed by atoms with Crippen LogP contribution in [0.3, 0.4) is 0 Å². The number of ketones is 1. The van der Waals surface area contributed by atoms with Crippen molar-refractivity contribution < 1.29 is 30.8 Å². The fraction of sp³-hybridized carbons (Fsp3) is 0.222. The number of furan rings is 1. The van der Waals surface area contributed by atoms with E-state index >= 15 is 0 Å². The van der Waals surface area contributed by atoms with Crippen LogP contribution < -0.4 is 4.74 Å². The zero-order valence-corrected chi connectivity index (χ0v) is 17.5. The Morgan fingerprint density at radius 1 is 1.21 bits per heavy atom. The Balaban J connectivity index is 2.23. The maximum atomic E-state index is 13.3. The van der Waals surface area contributed by atoms with Crippen molar-refractivity contribution in [3.05, 3.63) is 54.0 Å². The van der Waals surface area contributed by atoms with E-state index in [9.17, 15) is 21.6 Å². The van der Waals surface area contributed by atoms with Gasteiger partial charge in [-0.05, 0) is 29.8 Å². The van der Waals surface area contributed by atoms with E-state index in [1.807, 2.05) is 0 Å². The molecule has 0 saturated carbocycles. The lowest BCUT2D eigenvalue weighted by Crippen LogP contribution is -2.35. The van der Waals surface area contributed by atoms with E-state index in [4.69, 9.17) is 9.15 Å². The Labute approximate surface area is 168 Å². The van der Waals surface area contributed by atoms with Crippen molar-refractivity contribution in [3.63, 3.8) is 0 Å². The number of rotatable bonds is 7. The first-order valence-electron chi connectivity index (χ1n) is 8.29. The summed E-state index contributed by atoms with van der Waals surface area (Å²) in [6.45, 7) is 0.837. The van der Waals surface area contributed by atoms with E-state index < -0.39 is 32.4 Å². The van der Waals surface area contributed by atoms with Gasteiger partial charge in [-0.25, -0.2) is 16.8 Å². The van der Waals surface area contributed by atoms with E-state index in [1.165, 1.54) is 44.6 Å². The van der Waals surface area contributed by atoms with Gasteiger partial charge in [0, 0.05) is 24.7 Å². The Morgan fingerprint density at radius 3 is 2.48 bits per heavy atom. The van der Waals surface area contributed by atoms with Crippen LogP contribution in [-0.4, -0.2) is 44.7 Å². The molecule has 0 amide bonds. The number of sulfonamides is 2. The van der Waals surface area contributed by atoms with Crippen molar-refractivity contribution in [2.24, 2.45) is 0 Å². The summed E-state index contributed by atoms with van der Waals surface area (Å²) in [6.07, 6.45) is 3.67. The minimum atomic E-state index is -4.53. The molecule has 11 heteroatoms. The molecule has 0 radical (unpaired) electrons. The van der Waals surface area contributed by atoms with Crippen molar-refractivity contribution >= 4 is 36.8 Å². The number of aromatic nitrogens is 1. The Hall–Kier alpha value is -2.76. The average Bonchev–Trinajstić information content (AvgIpc) is 3.10. The van der Waals surface area contributed by atoms with E-state index in [1.54, 1.807) is 12.1 Å². The molecule has 1 aromatic carbocycles. The number of pyridine rings is 1.